The average Bonchev–Trinajstić information content (AvgIpc) is 2.96. The average molecular weight is 630 g/mol. The quantitative estimate of drug-likeness (QED) is 0.229. The number of nitrogens with two attached hydrogens (primary N) is 1. The van der Waals surface area contributed by atoms with Gasteiger partial charge in [-0.2, -0.15) is 26.3 Å². The molecule has 1 aliphatic rings. The summed E-state index contributed by atoms with van der Waals surface area (Å²) in [5.74, 6) is -0.617. The Morgan fingerprint density at radius 1 is 1.07 bits per heavy atom. The molecule has 0 aliphatic carbocycles. The minimum absolute atomic E-state index is 0.00747. The van der Waals surface area contributed by atoms with E-state index in [0.717, 1.165) is 4.90 Å². The van der Waals surface area contributed by atoms with Crippen molar-refractivity contribution in [3.8, 4) is 11.6 Å². The molecule has 238 valence electrons. The molecule has 0 saturated carbocycles. The minimum Gasteiger partial charge on any atom is -0.488 e. The van der Waals surface area contributed by atoms with E-state index in [9.17, 15) is 36.2 Å². The molecule has 2 atom stereocenters. The highest BCUT2D eigenvalue weighted by molar-refractivity contribution is 5.89. The number of halogens is 6. The number of nitrogens with zero attached hydrogens (tertiary/aromatic N) is 4. The number of hydrogen-bond acceptors (Lipinski definition) is 8. The molecule has 0 saturated heterocycles. The molecular weight excluding hydrogens is 600 g/mol. The lowest BCUT2D eigenvalue weighted by molar-refractivity contribution is -0.143. The number of carboxylic acid groups (broad SMARTS) is 1. The summed E-state index contributed by atoms with van der Waals surface area (Å²) >= 11 is 0. The predicted molar refractivity (Wildman–Crippen MR) is 144 cm³/mol. The number of anilines is 1. The molecule has 0 bridgehead atoms. The number of fused-ring (bicyclic) bond motifs is 1. The fourth-order valence-electron chi connectivity index (χ4n) is 4.99. The molecule has 1 aliphatic heterocycles. The summed E-state index contributed by atoms with van der Waals surface area (Å²) in [5.41, 5.74) is 2.23. The van der Waals surface area contributed by atoms with Crippen molar-refractivity contribution in [1.82, 2.24) is 15.0 Å². The number of aromatic nitrogens is 3. The van der Waals surface area contributed by atoms with Crippen LogP contribution in [0.25, 0.3) is 0 Å². The van der Waals surface area contributed by atoms with Gasteiger partial charge < -0.3 is 25.1 Å². The van der Waals surface area contributed by atoms with E-state index in [1.807, 2.05) is 0 Å². The first-order chi connectivity index (χ1) is 20.6. The maximum absolute atomic E-state index is 13.6. The molecule has 3 heterocycles. The Bertz CT molecular complexity index is 1490. The zero-order valence-corrected chi connectivity index (χ0v) is 23.8. The Balaban J connectivity index is 1.87. The number of amides is 1. The lowest BCUT2D eigenvalue weighted by Gasteiger charge is -2.45. The second kappa shape index (κ2) is 12.4. The van der Waals surface area contributed by atoms with Gasteiger partial charge in [-0.15, -0.1) is 0 Å². The molecule has 0 radical (unpaired) electrons. The number of methoxy groups -OCH3 is 2. The fourth-order valence-corrected chi connectivity index (χ4v) is 4.99. The lowest BCUT2D eigenvalue weighted by atomic mass is 9.83. The third-order valence-corrected chi connectivity index (χ3v) is 7.19. The van der Waals surface area contributed by atoms with Crippen LogP contribution in [-0.2, 0) is 23.5 Å². The monoisotopic (exact) mass is 629 g/mol. The van der Waals surface area contributed by atoms with E-state index in [1.54, 1.807) is 6.92 Å². The van der Waals surface area contributed by atoms with Crippen LogP contribution in [0.5, 0.6) is 11.6 Å². The third kappa shape index (κ3) is 6.80. The third-order valence-electron chi connectivity index (χ3n) is 7.19. The first-order valence-corrected chi connectivity index (χ1v) is 13.2. The predicted octanol–water partition coefficient (Wildman–Crippen LogP) is 5.62. The van der Waals surface area contributed by atoms with Crippen molar-refractivity contribution in [3.05, 3.63) is 70.4 Å². The molecule has 0 unspecified atom stereocenters. The van der Waals surface area contributed by atoms with Crippen LogP contribution in [0, 0.1) is 0 Å². The van der Waals surface area contributed by atoms with Crippen LogP contribution in [0.15, 0.2) is 36.5 Å². The number of hydrogen-bond donors (Lipinski definition) is 2. The van der Waals surface area contributed by atoms with E-state index in [0.29, 0.717) is 12.1 Å². The van der Waals surface area contributed by atoms with Crippen LogP contribution in [0.2, 0.25) is 0 Å². The van der Waals surface area contributed by atoms with Gasteiger partial charge in [-0.05, 0) is 42.7 Å². The lowest BCUT2D eigenvalue weighted by Crippen LogP contribution is -2.61. The molecule has 44 heavy (non-hydrogen) atoms. The van der Waals surface area contributed by atoms with Crippen molar-refractivity contribution < 1.29 is 50.5 Å². The van der Waals surface area contributed by atoms with Gasteiger partial charge in [-0.1, -0.05) is 6.92 Å². The highest BCUT2D eigenvalue weighted by Gasteiger charge is 2.47. The van der Waals surface area contributed by atoms with E-state index < -0.39 is 47.6 Å². The molecule has 2 aromatic heterocycles. The molecule has 3 aromatic rings. The van der Waals surface area contributed by atoms with Crippen LogP contribution >= 0.6 is 0 Å². The second-order valence-electron chi connectivity index (χ2n) is 10.1. The summed E-state index contributed by atoms with van der Waals surface area (Å²) in [6.07, 6.45) is -10.5. The summed E-state index contributed by atoms with van der Waals surface area (Å²) in [6, 6.07) is 4.21. The standard InChI is InChI=1S/C28H29F6N5O5/c1-4-26(35)13-18(23-20(39(26)25(40)41)5-6-22(38-23)43-3)24-36-14-21(44-8-7-42-2)19(37-24)11-15-9-16(27(29,30)31)12-17(10-15)28(32,33)34/h5-6,9-10,12,14,18H,4,7-8,11,13,35H2,1-3H3,(H,40,41)/t18-,26+/m0/s1. The van der Waals surface area contributed by atoms with E-state index in [1.165, 1.54) is 32.5 Å². The van der Waals surface area contributed by atoms with Crippen molar-refractivity contribution in [1.29, 1.82) is 0 Å². The highest BCUT2D eigenvalue weighted by Crippen LogP contribution is 2.45. The molecule has 10 nitrogen and oxygen atoms in total. The van der Waals surface area contributed by atoms with Gasteiger partial charge in [0.15, 0.2) is 5.75 Å². The fraction of sp³-hybridized carbons (Fsp3) is 0.429. The Hall–Kier alpha value is -4.18. The van der Waals surface area contributed by atoms with Crippen LogP contribution in [-0.4, -0.2) is 59.2 Å². The van der Waals surface area contributed by atoms with E-state index in [4.69, 9.17) is 19.9 Å². The van der Waals surface area contributed by atoms with Gasteiger partial charge >= 0.3 is 18.4 Å². The van der Waals surface area contributed by atoms with E-state index >= 15 is 0 Å². The molecule has 16 heteroatoms. The largest absolute Gasteiger partial charge is 0.488 e. The summed E-state index contributed by atoms with van der Waals surface area (Å²) in [4.78, 5) is 26.6. The Labute approximate surface area is 247 Å². The highest BCUT2D eigenvalue weighted by atomic mass is 19.4. The number of ether oxygens (including phenoxy) is 3. The topological polar surface area (TPSA) is 133 Å². The van der Waals surface area contributed by atoms with Crippen molar-refractivity contribution in [2.75, 3.05) is 32.3 Å². The van der Waals surface area contributed by atoms with Gasteiger partial charge in [0.2, 0.25) is 5.88 Å². The van der Waals surface area contributed by atoms with E-state index in [-0.39, 0.29) is 72.2 Å². The molecule has 0 fully saturated rings. The zero-order chi connectivity index (χ0) is 32.4. The van der Waals surface area contributed by atoms with Crippen LogP contribution in [0.1, 0.15) is 59.6 Å². The second-order valence-corrected chi connectivity index (χ2v) is 10.1. The smallest absolute Gasteiger partial charge is 0.416 e. The molecular formula is C28H29F6N5O5. The van der Waals surface area contributed by atoms with E-state index in [2.05, 4.69) is 15.0 Å². The molecule has 1 amide bonds. The van der Waals surface area contributed by atoms with Crippen LogP contribution in [0.3, 0.4) is 0 Å². The van der Waals surface area contributed by atoms with Crippen LogP contribution < -0.4 is 20.1 Å². The van der Waals surface area contributed by atoms with Gasteiger partial charge in [0, 0.05) is 19.6 Å². The number of benzene rings is 1. The molecule has 3 N–H and O–H groups in total. The van der Waals surface area contributed by atoms with Gasteiger partial charge in [-0.25, -0.2) is 19.7 Å². The zero-order valence-electron chi connectivity index (χ0n) is 23.8. The minimum atomic E-state index is -5.04. The number of carbonyl (C=O) groups is 1. The number of pyridine rings is 1. The van der Waals surface area contributed by atoms with Crippen molar-refractivity contribution in [2.24, 2.45) is 5.73 Å². The van der Waals surface area contributed by atoms with Gasteiger partial charge in [-0.3, -0.25) is 4.90 Å². The van der Waals surface area contributed by atoms with Gasteiger partial charge in [0.05, 0.1) is 54.0 Å². The SMILES string of the molecule is CC[C@]1(N)C[C@H](c2ncc(OCCOC)c(Cc3cc(C(F)(F)F)cc(C(F)(F)F)c3)n2)c2nc(OC)ccc2N1C(=O)O. The first kappa shape index (κ1) is 32.7. The Morgan fingerprint density at radius 2 is 1.73 bits per heavy atom. The summed E-state index contributed by atoms with van der Waals surface area (Å²) in [6.45, 7) is 1.81. The Morgan fingerprint density at radius 3 is 2.27 bits per heavy atom. The summed E-state index contributed by atoms with van der Waals surface area (Å²) in [5, 5.41) is 10.0. The normalized spacial score (nSPS) is 18.6. The maximum atomic E-state index is 13.6. The molecule has 0 spiro atoms. The molecule has 4 rings (SSSR count). The summed E-state index contributed by atoms with van der Waals surface area (Å²) in [7, 11) is 2.78. The van der Waals surface area contributed by atoms with Crippen molar-refractivity contribution in [2.45, 2.75) is 50.1 Å². The van der Waals surface area contributed by atoms with Gasteiger partial charge in [0.1, 0.15) is 18.1 Å². The maximum Gasteiger partial charge on any atom is 0.416 e. The van der Waals surface area contributed by atoms with Crippen LogP contribution in [0.4, 0.5) is 36.8 Å². The van der Waals surface area contributed by atoms with Crippen molar-refractivity contribution >= 4 is 11.8 Å². The molecule has 1 aromatic carbocycles. The summed E-state index contributed by atoms with van der Waals surface area (Å²) < 4.78 is 97.2. The number of rotatable bonds is 9. The number of alkyl halides is 6. The Kier molecular flexibility index (Phi) is 9.25. The van der Waals surface area contributed by atoms with Crippen molar-refractivity contribution in [3.63, 3.8) is 0 Å². The van der Waals surface area contributed by atoms with Gasteiger partial charge in [0.25, 0.3) is 0 Å². The first-order valence-electron chi connectivity index (χ1n) is 13.2.